The molecule has 1 rings (SSSR count). The minimum Gasteiger partial charge on any atom is -0.481 e. The normalized spacial score (nSPS) is 31.3. The molecular formula is C7H9NO6. The maximum absolute atomic E-state index is 10.6. The lowest BCUT2D eigenvalue weighted by Gasteiger charge is -2.09. The van der Waals surface area contributed by atoms with Crippen LogP contribution in [0.2, 0.25) is 0 Å². The summed E-state index contributed by atoms with van der Waals surface area (Å²) in [5.41, 5.74) is 0. The molecule has 0 unspecified atom stereocenters. The topological polar surface area (TPSA) is 124 Å². The molecule has 0 radical (unpaired) electrons. The third-order valence-corrected chi connectivity index (χ3v) is 2.15. The Balaban J connectivity index is 2.80. The molecule has 0 aromatic heterocycles. The van der Waals surface area contributed by atoms with Gasteiger partial charge in [0.15, 0.2) is 0 Å². The minimum atomic E-state index is -1.35. The molecular weight excluding hydrogens is 194 g/mol. The molecule has 0 aromatic rings. The minimum absolute atomic E-state index is 0.207. The number of hydrogen-bond acceptors (Lipinski definition) is 4. The molecule has 4 N–H and O–H groups in total. The third kappa shape index (κ3) is 1.82. The highest BCUT2D eigenvalue weighted by Crippen LogP contribution is 2.21. The van der Waals surface area contributed by atoms with Crippen molar-refractivity contribution in [2.24, 2.45) is 5.92 Å². The number of nitrogens with one attached hydrogen (secondary N) is 1. The standard InChI is InChI=1S/C7H9NO6/c9-5(10)2-1-3(6(11)12)8-4(2)7(13)14/h2-4,8H,1H2,(H,9,10)(H,11,12)(H,13,14)/t2-,3+,4+/m1/s1. The van der Waals surface area contributed by atoms with Crippen LogP contribution in [0, 0.1) is 5.92 Å². The Kier molecular flexibility index (Phi) is 2.70. The van der Waals surface area contributed by atoms with E-state index in [9.17, 15) is 14.4 Å². The maximum Gasteiger partial charge on any atom is 0.321 e. The van der Waals surface area contributed by atoms with Gasteiger partial charge in [0.1, 0.15) is 12.1 Å². The first-order chi connectivity index (χ1) is 6.43. The van der Waals surface area contributed by atoms with Crippen LogP contribution in [0.5, 0.6) is 0 Å². The van der Waals surface area contributed by atoms with Crippen molar-refractivity contribution in [2.45, 2.75) is 18.5 Å². The first kappa shape index (κ1) is 10.5. The van der Waals surface area contributed by atoms with Gasteiger partial charge in [-0.05, 0) is 6.42 Å². The van der Waals surface area contributed by atoms with E-state index in [1.807, 2.05) is 0 Å². The summed E-state index contributed by atoms with van der Waals surface area (Å²) < 4.78 is 0. The first-order valence-electron chi connectivity index (χ1n) is 3.88. The summed E-state index contributed by atoms with van der Waals surface area (Å²) in [6, 6.07) is -2.43. The molecule has 0 spiro atoms. The van der Waals surface area contributed by atoms with Crippen LogP contribution in [0.15, 0.2) is 0 Å². The second-order valence-corrected chi connectivity index (χ2v) is 3.05. The molecule has 78 valence electrons. The van der Waals surface area contributed by atoms with Crippen LogP contribution in [0.25, 0.3) is 0 Å². The summed E-state index contributed by atoms with van der Waals surface area (Å²) >= 11 is 0. The fraction of sp³-hybridized carbons (Fsp3) is 0.571. The van der Waals surface area contributed by atoms with E-state index in [4.69, 9.17) is 15.3 Å². The van der Waals surface area contributed by atoms with Crippen LogP contribution in [0.1, 0.15) is 6.42 Å². The molecule has 7 nitrogen and oxygen atoms in total. The number of aliphatic carboxylic acids is 3. The molecule has 1 fully saturated rings. The fourth-order valence-electron chi connectivity index (χ4n) is 1.45. The zero-order chi connectivity index (χ0) is 10.9. The van der Waals surface area contributed by atoms with Crippen LogP contribution in [-0.4, -0.2) is 45.3 Å². The largest absolute Gasteiger partial charge is 0.481 e. The number of rotatable bonds is 3. The molecule has 0 aliphatic carbocycles. The van der Waals surface area contributed by atoms with Gasteiger partial charge in [0, 0.05) is 0 Å². The highest BCUT2D eigenvalue weighted by atomic mass is 16.4. The summed E-state index contributed by atoms with van der Waals surface area (Å²) in [5.74, 6) is -5.07. The van der Waals surface area contributed by atoms with E-state index in [2.05, 4.69) is 5.32 Å². The number of carboxylic acids is 3. The predicted molar refractivity (Wildman–Crippen MR) is 41.7 cm³/mol. The van der Waals surface area contributed by atoms with Crippen molar-refractivity contribution in [1.82, 2.24) is 5.32 Å². The molecule has 1 heterocycles. The molecule has 1 aliphatic rings. The lowest BCUT2D eigenvalue weighted by Crippen LogP contribution is -2.42. The molecule has 14 heavy (non-hydrogen) atoms. The van der Waals surface area contributed by atoms with Crippen LogP contribution in [0.3, 0.4) is 0 Å². The second-order valence-electron chi connectivity index (χ2n) is 3.05. The Morgan fingerprint density at radius 2 is 1.57 bits per heavy atom. The van der Waals surface area contributed by atoms with Crippen molar-refractivity contribution in [3.05, 3.63) is 0 Å². The van der Waals surface area contributed by atoms with E-state index in [-0.39, 0.29) is 6.42 Å². The molecule has 0 saturated carbocycles. The number of hydrogen-bond donors (Lipinski definition) is 4. The van der Waals surface area contributed by atoms with Crippen molar-refractivity contribution in [2.75, 3.05) is 0 Å². The van der Waals surface area contributed by atoms with Crippen molar-refractivity contribution >= 4 is 17.9 Å². The molecule has 1 aliphatic heterocycles. The molecule has 0 bridgehead atoms. The van der Waals surface area contributed by atoms with E-state index < -0.39 is 35.9 Å². The average Bonchev–Trinajstić information content (AvgIpc) is 2.47. The Labute approximate surface area is 78.3 Å². The summed E-state index contributed by atoms with van der Waals surface area (Å²) in [6.45, 7) is 0. The zero-order valence-corrected chi connectivity index (χ0v) is 7.01. The van der Waals surface area contributed by atoms with Gasteiger partial charge < -0.3 is 15.3 Å². The summed E-state index contributed by atoms with van der Waals surface area (Å²) in [4.78, 5) is 31.6. The van der Waals surface area contributed by atoms with Gasteiger partial charge in [-0.15, -0.1) is 0 Å². The van der Waals surface area contributed by atoms with Gasteiger partial charge in [-0.2, -0.15) is 0 Å². The van der Waals surface area contributed by atoms with Crippen LogP contribution in [-0.2, 0) is 14.4 Å². The summed E-state index contributed by atoms with van der Waals surface area (Å²) in [5, 5.41) is 28.1. The van der Waals surface area contributed by atoms with Crippen LogP contribution in [0.4, 0.5) is 0 Å². The molecule has 1 saturated heterocycles. The quantitative estimate of drug-likeness (QED) is 0.444. The summed E-state index contributed by atoms with van der Waals surface area (Å²) in [6.07, 6.45) is -0.207. The molecule has 7 heteroatoms. The van der Waals surface area contributed by atoms with Gasteiger partial charge in [0.25, 0.3) is 0 Å². The molecule has 0 amide bonds. The van der Waals surface area contributed by atoms with Gasteiger partial charge in [-0.1, -0.05) is 0 Å². The van der Waals surface area contributed by atoms with E-state index in [1.54, 1.807) is 0 Å². The third-order valence-electron chi connectivity index (χ3n) is 2.15. The number of carbonyl (C=O) groups is 3. The highest BCUT2D eigenvalue weighted by Gasteiger charge is 2.45. The van der Waals surface area contributed by atoms with E-state index in [1.165, 1.54) is 0 Å². The van der Waals surface area contributed by atoms with Crippen LogP contribution < -0.4 is 5.32 Å². The van der Waals surface area contributed by atoms with E-state index >= 15 is 0 Å². The monoisotopic (exact) mass is 203 g/mol. The molecule has 3 atom stereocenters. The van der Waals surface area contributed by atoms with Gasteiger partial charge in [-0.3, -0.25) is 19.7 Å². The zero-order valence-electron chi connectivity index (χ0n) is 7.01. The van der Waals surface area contributed by atoms with Gasteiger partial charge >= 0.3 is 17.9 Å². The predicted octanol–water partition coefficient (Wildman–Crippen LogP) is -1.41. The Hall–Kier alpha value is -1.63. The highest BCUT2D eigenvalue weighted by molar-refractivity contribution is 5.86. The number of carboxylic acid groups (broad SMARTS) is 3. The SMILES string of the molecule is O=C(O)[C@@H]1C[C@@H](C(=O)O)[C@@H](C(=O)O)N1. The summed E-state index contributed by atoms with van der Waals surface area (Å²) in [7, 11) is 0. The Morgan fingerprint density at radius 3 is 1.86 bits per heavy atom. The fourth-order valence-corrected chi connectivity index (χ4v) is 1.45. The lowest BCUT2D eigenvalue weighted by atomic mass is 9.99. The lowest BCUT2D eigenvalue weighted by molar-refractivity contribution is -0.149. The maximum atomic E-state index is 10.6. The first-order valence-corrected chi connectivity index (χ1v) is 3.88. The second kappa shape index (κ2) is 3.62. The van der Waals surface area contributed by atoms with Crippen molar-refractivity contribution in [1.29, 1.82) is 0 Å². The smallest absolute Gasteiger partial charge is 0.321 e. The van der Waals surface area contributed by atoms with Crippen molar-refractivity contribution in [3.8, 4) is 0 Å². The van der Waals surface area contributed by atoms with E-state index in [0.29, 0.717) is 0 Å². The Bertz CT molecular complexity index is 266. The van der Waals surface area contributed by atoms with Crippen molar-refractivity contribution in [3.63, 3.8) is 0 Å². The van der Waals surface area contributed by atoms with E-state index in [0.717, 1.165) is 0 Å². The van der Waals surface area contributed by atoms with Crippen molar-refractivity contribution < 1.29 is 29.7 Å². The van der Waals surface area contributed by atoms with Gasteiger partial charge in [-0.25, -0.2) is 0 Å². The molecule has 0 aromatic carbocycles. The Morgan fingerprint density at radius 1 is 1.00 bits per heavy atom. The van der Waals surface area contributed by atoms with Crippen LogP contribution >= 0.6 is 0 Å². The average molecular weight is 203 g/mol. The van der Waals surface area contributed by atoms with Gasteiger partial charge in [0.05, 0.1) is 5.92 Å². The van der Waals surface area contributed by atoms with Gasteiger partial charge in [0.2, 0.25) is 0 Å².